The number of rotatable bonds is 6. The van der Waals surface area contributed by atoms with Gasteiger partial charge in [0, 0.05) is 18.3 Å². The maximum Gasteiger partial charge on any atom is 0.306 e. The van der Waals surface area contributed by atoms with Crippen LogP contribution < -0.4 is 0 Å². The highest BCUT2D eigenvalue weighted by atomic mass is 16.5. The third-order valence-corrected chi connectivity index (χ3v) is 10.3. The summed E-state index contributed by atoms with van der Waals surface area (Å²) in [4.78, 5) is 47.9. The average molecular weight is 477 g/mol. The number of hydrogen-bond acceptors (Lipinski definition) is 6. The minimum Gasteiger partial charge on any atom is -0.481 e. The summed E-state index contributed by atoms with van der Waals surface area (Å²) in [5.74, 6) is -0.00929. The largest absolute Gasteiger partial charge is 0.481 e. The minimum absolute atomic E-state index is 0.0146. The van der Waals surface area contributed by atoms with Crippen LogP contribution in [0.1, 0.15) is 91.9 Å². The van der Waals surface area contributed by atoms with Gasteiger partial charge in [0.2, 0.25) is 0 Å². The van der Waals surface area contributed by atoms with Gasteiger partial charge in [-0.3, -0.25) is 19.2 Å². The van der Waals surface area contributed by atoms with Crippen molar-refractivity contribution in [2.45, 2.75) is 104 Å². The van der Waals surface area contributed by atoms with Crippen molar-refractivity contribution in [2.75, 3.05) is 0 Å². The van der Waals surface area contributed by atoms with E-state index in [1.165, 1.54) is 6.92 Å². The predicted octanol–water partition coefficient (Wildman–Crippen LogP) is 4.55. The second-order valence-electron chi connectivity index (χ2n) is 11.9. The van der Waals surface area contributed by atoms with Gasteiger partial charge < -0.3 is 14.6 Å². The number of aliphatic carboxylic acids is 1. The summed E-state index contributed by atoms with van der Waals surface area (Å²) in [5.41, 5.74) is -0.315. The molecule has 0 spiro atoms. The third kappa shape index (κ3) is 4.28. The Balaban J connectivity index is 1.61. The standard InChI is InChI=1S/C27H40O7/c1-15(28)20-7-8-21-19-6-5-17-13-18(33-16(2)29)11-12-26(17,3)22(19)14-23(27(20,21)4)34-25(32)10-9-24(30)31/h17-23H,5-14H2,1-4H3,(H,30,31)/t17-,18-,19?,20-,21?,22?,23+,26+,27-/m1/s1. The van der Waals surface area contributed by atoms with Gasteiger partial charge in [0.25, 0.3) is 0 Å². The van der Waals surface area contributed by atoms with Crippen molar-refractivity contribution < 1.29 is 33.8 Å². The third-order valence-electron chi connectivity index (χ3n) is 10.3. The summed E-state index contributed by atoms with van der Waals surface area (Å²) in [6, 6.07) is 0. The lowest BCUT2D eigenvalue weighted by atomic mass is 9.44. The van der Waals surface area contributed by atoms with Crippen LogP contribution in [0.15, 0.2) is 0 Å². The first-order chi connectivity index (χ1) is 16.0. The van der Waals surface area contributed by atoms with Crippen LogP contribution in [0.5, 0.6) is 0 Å². The quantitative estimate of drug-likeness (QED) is 0.560. The average Bonchev–Trinajstić information content (AvgIpc) is 3.11. The molecule has 0 aromatic rings. The van der Waals surface area contributed by atoms with Crippen LogP contribution in [0, 0.1) is 40.4 Å². The van der Waals surface area contributed by atoms with E-state index < -0.39 is 17.4 Å². The monoisotopic (exact) mass is 476 g/mol. The summed E-state index contributed by atoms with van der Waals surface area (Å²) in [6.07, 6.45) is 6.69. The molecular formula is C27H40O7. The summed E-state index contributed by atoms with van der Waals surface area (Å²) in [5, 5.41) is 8.99. The first-order valence-corrected chi connectivity index (χ1v) is 13.1. The van der Waals surface area contributed by atoms with Crippen molar-refractivity contribution in [2.24, 2.45) is 40.4 Å². The fraction of sp³-hybridized carbons (Fsp3) is 0.852. The summed E-state index contributed by atoms with van der Waals surface area (Å²) in [7, 11) is 0. The molecule has 4 saturated carbocycles. The Morgan fingerprint density at radius 2 is 1.62 bits per heavy atom. The second kappa shape index (κ2) is 9.27. The highest BCUT2D eigenvalue weighted by Gasteiger charge is 2.65. The van der Waals surface area contributed by atoms with Crippen LogP contribution >= 0.6 is 0 Å². The number of Topliss-reactive ketones (excluding diaryl/α,β-unsaturated/α-hetero) is 1. The van der Waals surface area contributed by atoms with Gasteiger partial charge in [0.05, 0.1) is 12.8 Å². The van der Waals surface area contributed by atoms with Gasteiger partial charge in [-0.05, 0) is 87.4 Å². The Morgan fingerprint density at radius 1 is 0.882 bits per heavy atom. The molecule has 4 rings (SSSR count). The smallest absolute Gasteiger partial charge is 0.306 e. The Labute approximate surface area is 202 Å². The molecule has 4 aliphatic carbocycles. The van der Waals surface area contributed by atoms with Crippen LogP contribution in [0.4, 0.5) is 0 Å². The number of carboxylic acids is 1. The maximum atomic E-state index is 12.7. The lowest BCUT2D eigenvalue weighted by Gasteiger charge is -2.62. The van der Waals surface area contributed by atoms with Gasteiger partial charge in [-0.1, -0.05) is 13.8 Å². The van der Waals surface area contributed by atoms with E-state index in [2.05, 4.69) is 13.8 Å². The Morgan fingerprint density at radius 3 is 2.26 bits per heavy atom. The molecule has 0 saturated heterocycles. The summed E-state index contributed by atoms with van der Waals surface area (Å²) >= 11 is 0. The lowest BCUT2D eigenvalue weighted by Crippen LogP contribution is -2.59. The molecule has 34 heavy (non-hydrogen) atoms. The van der Waals surface area contributed by atoms with Crippen LogP contribution in [0.2, 0.25) is 0 Å². The number of fused-ring (bicyclic) bond motifs is 5. The first-order valence-electron chi connectivity index (χ1n) is 13.1. The van der Waals surface area contributed by atoms with E-state index in [0.717, 1.165) is 51.4 Å². The first kappa shape index (κ1) is 25.2. The number of carboxylic acid groups (broad SMARTS) is 1. The van der Waals surface area contributed by atoms with Crippen LogP contribution in [-0.4, -0.2) is 41.0 Å². The van der Waals surface area contributed by atoms with Gasteiger partial charge in [-0.15, -0.1) is 0 Å². The zero-order chi connectivity index (χ0) is 24.8. The molecule has 0 aromatic heterocycles. The van der Waals surface area contributed by atoms with Crippen molar-refractivity contribution >= 4 is 23.7 Å². The minimum atomic E-state index is -1.01. The molecule has 9 atom stereocenters. The molecular weight excluding hydrogens is 436 g/mol. The predicted molar refractivity (Wildman–Crippen MR) is 124 cm³/mol. The molecule has 0 bridgehead atoms. The Hall–Kier alpha value is -1.92. The number of carbonyl (C=O) groups excluding carboxylic acids is 3. The molecule has 1 N–H and O–H groups in total. The zero-order valence-corrected chi connectivity index (χ0v) is 21.0. The van der Waals surface area contributed by atoms with Gasteiger partial charge >= 0.3 is 17.9 Å². The number of hydrogen-bond donors (Lipinski definition) is 1. The molecule has 0 heterocycles. The fourth-order valence-electron chi connectivity index (χ4n) is 8.76. The van der Waals surface area contributed by atoms with Crippen molar-refractivity contribution in [3.05, 3.63) is 0 Å². The van der Waals surface area contributed by atoms with Crippen LogP contribution in [0.3, 0.4) is 0 Å². The highest BCUT2D eigenvalue weighted by molar-refractivity contribution is 5.80. The van der Waals surface area contributed by atoms with Gasteiger partial charge in [0.15, 0.2) is 0 Å². The van der Waals surface area contributed by atoms with E-state index in [-0.39, 0.29) is 48.1 Å². The van der Waals surface area contributed by atoms with Crippen molar-refractivity contribution in [3.8, 4) is 0 Å². The van der Waals surface area contributed by atoms with Crippen molar-refractivity contribution in [1.82, 2.24) is 0 Å². The molecule has 0 aromatic carbocycles. The number of ketones is 1. The van der Waals surface area contributed by atoms with Gasteiger partial charge in [-0.2, -0.15) is 0 Å². The molecule has 190 valence electrons. The van der Waals surface area contributed by atoms with E-state index in [1.54, 1.807) is 6.92 Å². The lowest BCUT2D eigenvalue weighted by molar-refractivity contribution is -0.197. The molecule has 4 fully saturated rings. The van der Waals surface area contributed by atoms with E-state index in [1.807, 2.05) is 0 Å². The second-order valence-corrected chi connectivity index (χ2v) is 11.9. The zero-order valence-electron chi connectivity index (χ0n) is 21.0. The normalized spacial score (nSPS) is 43.1. The van der Waals surface area contributed by atoms with E-state index in [9.17, 15) is 19.2 Å². The topological polar surface area (TPSA) is 107 Å². The van der Waals surface area contributed by atoms with Gasteiger partial charge in [0.1, 0.15) is 18.0 Å². The molecule has 0 aliphatic heterocycles. The molecule has 0 radical (unpaired) electrons. The molecule has 0 amide bonds. The van der Waals surface area contributed by atoms with Crippen LogP contribution in [-0.2, 0) is 28.7 Å². The highest BCUT2D eigenvalue weighted by Crippen LogP contribution is 2.68. The number of carbonyl (C=O) groups is 4. The SMILES string of the molecule is CC(=O)O[C@@H]1CC[C@]2(C)C3C[C@H](OC(=O)CCC(=O)O)[C@@]4(C)C(CC[C@@H]4C(C)=O)C3CC[C@@H]2C1. The Kier molecular flexibility index (Phi) is 6.87. The van der Waals surface area contributed by atoms with Gasteiger partial charge in [-0.25, -0.2) is 0 Å². The number of esters is 2. The molecule has 7 nitrogen and oxygen atoms in total. The molecule has 3 unspecified atom stereocenters. The number of ether oxygens (including phenoxy) is 2. The van der Waals surface area contributed by atoms with Crippen LogP contribution in [0.25, 0.3) is 0 Å². The fourth-order valence-corrected chi connectivity index (χ4v) is 8.76. The molecule has 4 aliphatic rings. The summed E-state index contributed by atoms with van der Waals surface area (Å²) in [6.45, 7) is 7.65. The van der Waals surface area contributed by atoms with E-state index >= 15 is 0 Å². The van der Waals surface area contributed by atoms with E-state index in [0.29, 0.717) is 23.7 Å². The van der Waals surface area contributed by atoms with E-state index in [4.69, 9.17) is 14.6 Å². The molecule has 7 heteroatoms. The van der Waals surface area contributed by atoms with Crippen molar-refractivity contribution in [3.63, 3.8) is 0 Å². The summed E-state index contributed by atoms with van der Waals surface area (Å²) < 4.78 is 11.6. The Bertz CT molecular complexity index is 852. The maximum absolute atomic E-state index is 12.7. The van der Waals surface area contributed by atoms with Crippen molar-refractivity contribution in [1.29, 1.82) is 0 Å².